The highest BCUT2D eigenvalue weighted by atomic mass is 16.1. The van der Waals surface area contributed by atoms with Crippen LogP contribution < -0.4 is 5.32 Å². The van der Waals surface area contributed by atoms with Gasteiger partial charge in [0.25, 0.3) is 5.91 Å². The maximum atomic E-state index is 12.4. The van der Waals surface area contributed by atoms with Crippen LogP contribution in [0.25, 0.3) is 22.2 Å². The summed E-state index contributed by atoms with van der Waals surface area (Å²) >= 11 is 0. The van der Waals surface area contributed by atoms with Crippen molar-refractivity contribution < 1.29 is 4.79 Å². The maximum Gasteiger partial charge on any atom is 0.252 e. The third kappa shape index (κ3) is 4.21. The summed E-state index contributed by atoms with van der Waals surface area (Å²) in [7, 11) is 0. The molecule has 1 amide bonds. The van der Waals surface area contributed by atoms with E-state index in [2.05, 4.69) is 50.8 Å². The number of nitrogens with one attached hydrogen (secondary N) is 2. The van der Waals surface area contributed by atoms with Crippen LogP contribution in [0.2, 0.25) is 0 Å². The van der Waals surface area contributed by atoms with Gasteiger partial charge in [-0.1, -0.05) is 26.0 Å². The fourth-order valence-electron chi connectivity index (χ4n) is 3.47. The van der Waals surface area contributed by atoms with Crippen molar-refractivity contribution in [1.29, 1.82) is 0 Å². The van der Waals surface area contributed by atoms with Gasteiger partial charge < -0.3 is 14.9 Å². The molecule has 0 bridgehead atoms. The zero-order valence-corrected chi connectivity index (χ0v) is 16.7. The Morgan fingerprint density at radius 3 is 2.86 bits per heavy atom. The summed E-state index contributed by atoms with van der Waals surface area (Å²) in [5.41, 5.74) is 3.51. The van der Waals surface area contributed by atoms with E-state index in [1.54, 1.807) is 6.20 Å². The van der Waals surface area contributed by atoms with Gasteiger partial charge in [0.2, 0.25) is 0 Å². The molecule has 0 aliphatic carbocycles. The van der Waals surface area contributed by atoms with Gasteiger partial charge in [0, 0.05) is 54.9 Å². The lowest BCUT2D eigenvalue weighted by Crippen LogP contribution is -2.25. The van der Waals surface area contributed by atoms with Gasteiger partial charge in [-0.15, -0.1) is 0 Å². The van der Waals surface area contributed by atoms with Crippen molar-refractivity contribution in [1.82, 2.24) is 24.8 Å². The summed E-state index contributed by atoms with van der Waals surface area (Å²) in [4.78, 5) is 24.5. The highest BCUT2D eigenvalue weighted by molar-refractivity contribution is 5.94. The van der Waals surface area contributed by atoms with Crippen LogP contribution in [0.1, 0.15) is 42.4 Å². The molecule has 1 aromatic carbocycles. The summed E-state index contributed by atoms with van der Waals surface area (Å²) in [5, 5.41) is 4.14. The van der Waals surface area contributed by atoms with Crippen LogP contribution in [0.5, 0.6) is 0 Å². The molecule has 3 aromatic heterocycles. The Bertz CT molecular complexity index is 1110. The van der Waals surface area contributed by atoms with Gasteiger partial charge in [0.1, 0.15) is 5.82 Å². The molecule has 4 aromatic rings. The summed E-state index contributed by atoms with van der Waals surface area (Å²) < 4.78 is 2.15. The van der Waals surface area contributed by atoms with E-state index >= 15 is 0 Å². The Morgan fingerprint density at radius 1 is 1.17 bits per heavy atom. The van der Waals surface area contributed by atoms with Gasteiger partial charge in [-0.05, 0) is 36.1 Å². The van der Waals surface area contributed by atoms with E-state index in [0.717, 1.165) is 35.6 Å². The van der Waals surface area contributed by atoms with Crippen LogP contribution in [0.15, 0.2) is 61.2 Å². The van der Waals surface area contributed by atoms with Gasteiger partial charge in [-0.25, -0.2) is 4.98 Å². The minimum atomic E-state index is -0.0985. The SMILES string of the molecule is CC(C)c1nccn1CCCNC(=O)c1ccc(-c2ccc3cc[nH]c3c2)nc1. The molecule has 0 aliphatic rings. The molecule has 0 atom stereocenters. The second-order valence-electron chi connectivity index (χ2n) is 7.45. The molecule has 6 heteroatoms. The number of aromatic nitrogens is 4. The van der Waals surface area contributed by atoms with Crippen molar-refractivity contribution in [2.24, 2.45) is 0 Å². The summed E-state index contributed by atoms with van der Waals surface area (Å²) in [6.45, 7) is 5.72. The van der Waals surface area contributed by atoms with Crippen LogP contribution >= 0.6 is 0 Å². The number of benzene rings is 1. The lowest BCUT2D eigenvalue weighted by atomic mass is 10.1. The van der Waals surface area contributed by atoms with E-state index < -0.39 is 0 Å². The van der Waals surface area contributed by atoms with Crippen molar-refractivity contribution in [2.45, 2.75) is 32.7 Å². The molecule has 0 unspecified atom stereocenters. The molecule has 29 heavy (non-hydrogen) atoms. The third-order valence-electron chi connectivity index (χ3n) is 5.00. The van der Waals surface area contributed by atoms with Crippen LogP contribution in [0.3, 0.4) is 0 Å². The topological polar surface area (TPSA) is 75.6 Å². The van der Waals surface area contributed by atoms with Gasteiger partial charge in [-0.3, -0.25) is 9.78 Å². The summed E-state index contributed by atoms with van der Waals surface area (Å²) in [6.07, 6.45) is 8.23. The molecule has 0 aliphatic heterocycles. The molecular formula is C23H25N5O. The molecule has 2 N–H and O–H groups in total. The fourth-order valence-corrected chi connectivity index (χ4v) is 3.47. The molecule has 0 spiro atoms. The van der Waals surface area contributed by atoms with Crippen molar-refractivity contribution in [3.8, 4) is 11.3 Å². The number of carbonyl (C=O) groups is 1. The molecule has 0 fully saturated rings. The normalized spacial score (nSPS) is 11.3. The number of nitrogens with zero attached hydrogens (tertiary/aromatic N) is 3. The van der Waals surface area contributed by atoms with E-state index in [-0.39, 0.29) is 5.91 Å². The van der Waals surface area contributed by atoms with Crippen LogP contribution in [0.4, 0.5) is 0 Å². The van der Waals surface area contributed by atoms with E-state index in [9.17, 15) is 4.79 Å². The van der Waals surface area contributed by atoms with E-state index in [1.165, 1.54) is 5.39 Å². The molecule has 4 rings (SSSR count). The first kappa shape index (κ1) is 18.9. The number of hydrogen-bond acceptors (Lipinski definition) is 3. The average molecular weight is 387 g/mol. The minimum Gasteiger partial charge on any atom is -0.361 e. The van der Waals surface area contributed by atoms with E-state index in [1.807, 2.05) is 42.9 Å². The predicted octanol–water partition coefficient (Wildman–Crippen LogP) is 4.37. The van der Waals surface area contributed by atoms with Crippen molar-refractivity contribution in [3.05, 3.63) is 72.6 Å². The number of aromatic amines is 1. The molecule has 148 valence electrons. The average Bonchev–Trinajstić information content (AvgIpc) is 3.40. The molecule has 0 saturated heterocycles. The Labute approximate surface area is 170 Å². The van der Waals surface area contributed by atoms with E-state index in [4.69, 9.17) is 0 Å². The number of H-pyrrole nitrogens is 1. The number of rotatable bonds is 7. The molecule has 3 heterocycles. The van der Waals surface area contributed by atoms with Gasteiger partial charge in [0.05, 0.1) is 11.3 Å². The highest BCUT2D eigenvalue weighted by Crippen LogP contribution is 2.22. The van der Waals surface area contributed by atoms with Crippen molar-refractivity contribution in [2.75, 3.05) is 6.54 Å². The minimum absolute atomic E-state index is 0.0985. The number of amides is 1. The number of hydrogen-bond donors (Lipinski definition) is 2. The van der Waals surface area contributed by atoms with Gasteiger partial charge in [-0.2, -0.15) is 0 Å². The summed E-state index contributed by atoms with van der Waals surface area (Å²) in [6, 6.07) is 11.9. The number of imidazole rings is 1. The number of carbonyl (C=O) groups excluding carboxylic acids is 1. The van der Waals surface area contributed by atoms with Crippen LogP contribution in [-0.4, -0.2) is 32.0 Å². The summed E-state index contributed by atoms with van der Waals surface area (Å²) in [5.74, 6) is 1.37. The standard InChI is InChI=1S/C23H25N5O/c1-16(2)22-25-11-13-28(22)12-3-9-26-23(29)19-6-7-20(27-15-19)18-5-4-17-8-10-24-21(17)14-18/h4-8,10-11,13-16,24H,3,9,12H2,1-2H3,(H,26,29). The maximum absolute atomic E-state index is 12.4. The van der Waals surface area contributed by atoms with Crippen molar-refractivity contribution >= 4 is 16.8 Å². The first-order valence-electron chi connectivity index (χ1n) is 9.94. The smallest absolute Gasteiger partial charge is 0.252 e. The van der Waals surface area contributed by atoms with Gasteiger partial charge in [0.15, 0.2) is 0 Å². The van der Waals surface area contributed by atoms with Crippen molar-refractivity contribution in [3.63, 3.8) is 0 Å². The third-order valence-corrected chi connectivity index (χ3v) is 5.00. The molecular weight excluding hydrogens is 362 g/mol. The number of pyridine rings is 1. The zero-order valence-electron chi connectivity index (χ0n) is 16.7. The van der Waals surface area contributed by atoms with Crippen LogP contribution in [0, 0.1) is 0 Å². The Hall–Kier alpha value is -3.41. The monoisotopic (exact) mass is 387 g/mol. The lowest BCUT2D eigenvalue weighted by Gasteiger charge is -2.11. The number of fused-ring (bicyclic) bond motifs is 1. The quantitative estimate of drug-likeness (QED) is 0.462. The van der Waals surface area contributed by atoms with E-state index in [0.29, 0.717) is 18.0 Å². The largest absolute Gasteiger partial charge is 0.361 e. The molecule has 6 nitrogen and oxygen atoms in total. The fraction of sp³-hybridized carbons (Fsp3) is 0.261. The van der Waals surface area contributed by atoms with Crippen LogP contribution in [-0.2, 0) is 6.54 Å². The second-order valence-corrected chi connectivity index (χ2v) is 7.45. The second kappa shape index (κ2) is 8.31. The molecule has 0 saturated carbocycles. The first-order valence-corrected chi connectivity index (χ1v) is 9.94. The Balaban J connectivity index is 1.32. The van der Waals surface area contributed by atoms with Gasteiger partial charge >= 0.3 is 0 Å². The highest BCUT2D eigenvalue weighted by Gasteiger charge is 2.09. The first-order chi connectivity index (χ1) is 14.1. The Morgan fingerprint density at radius 2 is 2.07 bits per heavy atom. The zero-order chi connectivity index (χ0) is 20.2. The molecule has 0 radical (unpaired) electrons. The number of aryl methyl sites for hydroxylation is 1. The predicted molar refractivity (Wildman–Crippen MR) is 115 cm³/mol. The Kier molecular flexibility index (Phi) is 5.42. The lowest BCUT2D eigenvalue weighted by molar-refractivity contribution is 0.0952.